The van der Waals surface area contributed by atoms with Gasteiger partial charge in [-0.05, 0) is 36.6 Å². The van der Waals surface area contributed by atoms with Crippen LogP contribution < -0.4 is 5.32 Å². The summed E-state index contributed by atoms with van der Waals surface area (Å²) in [6.45, 7) is 2.42. The second kappa shape index (κ2) is 4.94. The molecule has 5 heteroatoms. The van der Waals surface area contributed by atoms with Gasteiger partial charge in [0.05, 0.1) is 10.4 Å². The van der Waals surface area contributed by atoms with Crippen molar-refractivity contribution in [2.24, 2.45) is 5.92 Å². The van der Waals surface area contributed by atoms with Crippen molar-refractivity contribution in [3.05, 3.63) is 20.8 Å². The quantitative estimate of drug-likeness (QED) is 0.840. The molecule has 1 atom stereocenters. The number of carbonyl (C=O) groups is 1. The number of rotatable bonds is 4. The van der Waals surface area contributed by atoms with E-state index in [-0.39, 0.29) is 11.3 Å². The van der Waals surface area contributed by atoms with Gasteiger partial charge in [-0.15, -0.1) is 22.9 Å². The lowest BCUT2D eigenvalue weighted by atomic mass is 10.3. The fourth-order valence-corrected chi connectivity index (χ4v) is 3.00. The molecule has 1 fully saturated rings. The molecule has 88 valence electrons. The fraction of sp³-hybridized carbons (Fsp3) is 0.545. The average Bonchev–Trinajstić information content (AvgIpc) is 3.04. The van der Waals surface area contributed by atoms with E-state index in [9.17, 15) is 4.79 Å². The van der Waals surface area contributed by atoms with Gasteiger partial charge in [-0.1, -0.05) is 11.6 Å². The highest BCUT2D eigenvalue weighted by molar-refractivity contribution is 7.13. The van der Waals surface area contributed by atoms with Gasteiger partial charge >= 0.3 is 0 Å². The van der Waals surface area contributed by atoms with Crippen LogP contribution in [0.25, 0.3) is 0 Å². The zero-order valence-electron chi connectivity index (χ0n) is 8.93. The molecular weight excluding hydrogens is 265 g/mol. The van der Waals surface area contributed by atoms with Crippen LogP contribution in [0.4, 0.5) is 0 Å². The third-order valence-corrected chi connectivity index (χ3v) is 4.90. The largest absolute Gasteiger partial charge is 0.350 e. The van der Waals surface area contributed by atoms with E-state index >= 15 is 0 Å². The second-order valence-electron chi connectivity index (χ2n) is 4.13. The van der Waals surface area contributed by atoms with Gasteiger partial charge in [0.2, 0.25) is 0 Å². The Kier molecular flexibility index (Phi) is 3.77. The topological polar surface area (TPSA) is 29.1 Å². The van der Waals surface area contributed by atoms with E-state index in [2.05, 4.69) is 5.32 Å². The lowest BCUT2D eigenvalue weighted by Crippen LogP contribution is -2.30. The molecular formula is C11H13Cl2NOS. The first kappa shape index (κ1) is 12.2. The van der Waals surface area contributed by atoms with Crippen LogP contribution >= 0.6 is 34.5 Å². The van der Waals surface area contributed by atoms with E-state index in [0.717, 1.165) is 5.56 Å². The zero-order valence-corrected chi connectivity index (χ0v) is 11.3. The summed E-state index contributed by atoms with van der Waals surface area (Å²) < 4.78 is 0. The van der Waals surface area contributed by atoms with Gasteiger partial charge in [0.15, 0.2) is 0 Å². The Morgan fingerprint density at radius 3 is 2.88 bits per heavy atom. The maximum atomic E-state index is 11.8. The second-order valence-corrected chi connectivity index (χ2v) is 5.94. The Bertz CT molecular complexity index is 401. The number of amides is 1. The molecule has 0 spiro atoms. The summed E-state index contributed by atoms with van der Waals surface area (Å²) in [4.78, 5) is 12.4. The number of thiophene rings is 1. The molecule has 1 N–H and O–H groups in total. The van der Waals surface area contributed by atoms with Crippen LogP contribution in [0.5, 0.6) is 0 Å². The summed E-state index contributed by atoms with van der Waals surface area (Å²) in [6.07, 6.45) is 2.37. The molecule has 1 saturated carbocycles. The smallest absolute Gasteiger partial charge is 0.262 e. The van der Waals surface area contributed by atoms with Gasteiger partial charge in [-0.2, -0.15) is 0 Å². The van der Waals surface area contributed by atoms with Crippen LogP contribution in [0.3, 0.4) is 0 Å². The average molecular weight is 278 g/mol. The van der Waals surface area contributed by atoms with E-state index < -0.39 is 0 Å². The van der Waals surface area contributed by atoms with Crippen molar-refractivity contribution in [3.8, 4) is 0 Å². The van der Waals surface area contributed by atoms with E-state index in [1.165, 1.54) is 24.2 Å². The molecule has 2 rings (SSSR count). The number of alkyl halides is 1. The Balaban J connectivity index is 1.90. The molecule has 0 aliphatic heterocycles. The molecule has 1 aliphatic carbocycles. The van der Waals surface area contributed by atoms with Gasteiger partial charge in [-0.3, -0.25) is 4.79 Å². The SMILES string of the molecule is Cc1csc(C(=O)NCC(Cl)C2CC2)c1Cl. The van der Waals surface area contributed by atoms with Crippen LogP contribution in [0.15, 0.2) is 5.38 Å². The van der Waals surface area contributed by atoms with E-state index in [4.69, 9.17) is 23.2 Å². The lowest BCUT2D eigenvalue weighted by Gasteiger charge is -2.08. The molecule has 1 aliphatic rings. The minimum absolute atomic E-state index is 0.0591. The van der Waals surface area contributed by atoms with E-state index in [0.29, 0.717) is 22.4 Å². The number of hydrogen-bond acceptors (Lipinski definition) is 2. The molecule has 2 nitrogen and oxygen atoms in total. The molecule has 1 heterocycles. The van der Waals surface area contributed by atoms with Crippen LogP contribution in [-0.2, 0) is 0 Å². The van der Waals surface area contributed by atoms with Crippen molar-refractivity contribution >= 4 is 40.4 Å². The van der Waals surface area contributed by atoms with Crippen LogP contribution in [0.1, 0.15) is 28.1 Å². The highest BCUT2D eigenvalue weighted by Gasteiger charge is 2.30. The van der Waals surface area contributed by atoms with Crippen LogP contribution in [-0.4, -0.2) is 17.8 Å². The van der Waals surface area contributed by atoms with Crippen molar-refractivity contribution < 1.29 is 4.79 Å². The number of carbonyl (C=O) groups excluding carboxylic acids is 1. The summed E-state index contributed by atoms with van der Waals surface area (Å²) in [5, 5.41) is 5.33. The first-order chi connectivity index (χ1) is 7.59. The van der Waals surface area contributed by atoms with E-state index in [1.807, 2.05) is 12.3 Å². The third-order valence-electron chi connectivity index (χ3n) is 2.70. The minimum atomic E-state index is -0.116. The number of nitrogens with one attached hydrogen (secondary N) is 1. The highest BCUT2D eigenvalue weighted by Crippen LogP contribution is 2.35. The summed E-state index contributed by atoms with van der Waals surface area (Å²) in [6, 6.07) is 0. The molecule has 16 heavy (non-hydrogen) atoms. The normalized spacial score (nSPS) is 17.2. The zero-order chi connectivity index (χ0) is 11.7. The van der Waals surface area contributed by atoms with Gasteiger partial charge < -0.3 is 5.32 Å². The summed E-state index contributed by atoms with van der Waals surface area (Å²) in [7, 11) is 0. The molecule has 0 aromatic carbocycles. The summed E-state index contributed by atoms with van der Waals surface area (Å²) in [5.41, 5.74) is 0.946. The summed E-state index contributed by atoms with van der Waals surface area (Å²) in [5.74, 6) is 0.469. The maximum Gasteiger partial charge on any atom is 0.262 e. The van der Waals surface area contributed by atoms with Crippen molar-refractivity contribution in [1.82, 2.24) is 5.32 Å². The van der Waals surface area contributed by atoms with Crippen LogP contribution in [0, 0.1) is 12.8 Å². The molecule has 1 aromatic rings. The number of halogens is 2. The number of aryl methyl sites for hydroxylation is 1. The Morgan fingerprint density at radius 1 is 1.69 bits per heavy atom. The third kappa shape index (κ3) is 2.70. The van der Waals surface area contributed by atoms with Crippen molar-refractivity contribution in [1.29, 1.82) is 0 Å². The Labute approximate surface area is 109 Å². The maximum absolute atomic E-state index is 11.8. The minimum Gasteiger partial charge on any atom is -0.350 e. The predicted octanol–water partition coefficient (Wildman–Crippen LogP) is 3.46. The van der Waals surface area contributed by atoms with Gasteiger partial charge in [0.1, 0.15) is 4.88 Å². The lowest BCUT2D eigenvalue weighted by molar-refractivity contribution is 0.0957. The first-order valence-corrected chi connectivity index (χ1v) is 6.95. The standard InChI is InChI=1S/C11H13Cl2NOS/c1-6-5-16-10(9(6)13)11(15)14-4-8(12)7-2-3-7/h5,7-8H,2-4H2,1H3,(H,14,15). The van der Waals surface area contributed by atoms with E-state index in [1.54, 1.807) is 0 Å². The van der Waals surface area contributed by atoms with Crippen molar-refractivity contribution in [3.63, 3.8) is 0 Å². The molecule has 1 aromatic heterocycles. The fourth-order valence-electron chi connectivity index (χ4n) is 1.48. The molecule has 0 saturated heterocycles. The molecule has 1 unspecified atom stereocenters. The van der Waals surface area contributed by atoms with Gasteiger partial charge in [0.25, 0.3) is 5.91 Å². The Morgan fingerprint density at radius 2 is 2.38 bits per heavy atom. The van der Waals surface area contributed by atoms with Gasteiger partial charge in [0, 0.05) is 6.54 Å². The molecule has 1 amide bonds. The van der Waals surface area contributed by atoms with Crippen LogP contribution in [0.2, 0.25) is 5.02 Å². The first-order valence-electron chi connectivity index (χ1n) is 5.25. The van der Waals surface area contributed by atoms with Crippen molar-refractivity contribution in [2.75, 3.05) is 6.54 Å². The molecule has 0 radical (unpaired) electrons. The highest BCUT2D eigenvalue weighted by atomic mass is 35.5. The van der Waals surface area contributed by atoms with Crippen molar-refractivity contribution in [2.45, 2.75) is 25.1 Å². The molecule has 0 bridgehead atoms. The summed E-state index contributed by atoms with van der Waals surface area (Å²) >= 11 is 13.5. The number of hydrogen-bond donors (Lipinski definition) is 1. The Hall–Kier alpha value is -0.250. The monoisotopic (exact) mass is 277 g/mol. The predicted molar refractivity (Wildman–Crippen MR) is 68.8 cm³/mol. The van der Waals surface area contributed by atoms with Gasteiger partial charge in [-0.25, -0.2) is 0 Å².